The van der Waals surface area contributed by atoms with Crippen molar-refractivity contribution in [3.63, 3.8) is 0 Å². The molecule has 0 saturated heterocycles. The lowest BCUT2D eigenvalue weighted by molar-refractivity contribution is 0.535. The fraction of sp³-hybridized carbons (Fsp3) is 0.0714. The van der Waals surface area contributed by atoms with Crippen LogP contribution in [0.25, 0.3) is 22.4 Å². The van der Waals surface area contributed by atoms with Crippen LogP contribution in [0.4, 0.5) is 10.2 Å². The molecular weight excluding hydrogens is 245 g/mol. The molecule has 0 bridgehead atoms. The largest absolute Gasteiger partial charge is 0.469 e. The Morgan fingerprint density at radius 2 is 2.11 bits per heavy atom. The Hall–Kier alpha value is -2.56. The molecule has 3 rings (SSSR count). The summed E-state index contributed by atoms with van der Waals surface area (Å²) in [7, 11) is 0. The van der Waals surface area contributed by atoms with Gasteiger partial charge < -0.3 is 10.2 Å². The molecule has 1 aromatic carbocycles. The highest BCUT2D eigenvalue weighted by Gasteiger charge is 2.18. The van der Waals surface area contributed by atoms with Gasteiger partial charge in [-0.05, 0) is 19.1 Å². The van der Waals surface area contributed by atoms with Crippen LogP contribution in [0.1, 0.15) is 5.76 Å². The average molecular weight is 257 g/mol. The van der Waals surface area contributed by atoms with E-state index in [2.05, 4.69) is 10.2 Å². The van der Waals surface area contributed by atoms with Crippen molar-refractivity contribution in [1.29, 1.82) is 0 Å². The number of aromatic nitrogens is 2. The van der Waals surface area contributed by atoms with Crippen LogP contribution in [0.15, 0.2) is 41.0 Å². The Morgan fingerprint density at radius 1 is 1.32 bits per heavy atom. The highest BCUT2D eigenvalue weighted by atomic mass is 19.1. The number of nitrogens with two attached hydrogens (primary N) is 1. The Balaban J connectivity index is 2.22. The first-order chi connectivity index (χ1) is 9.16. The minimum absolute atomic E-state index is 0.263. The van der Waals surface area contributed by atoms with Crippen molar-refractivity contribution in [3.8, 4) is 22.4 Å². The van der Waals surface area contributed by atoms with Gasteiger partial charge in [-0.3, -0.25) is 5.10 Å². The van der Waals surface area contributed by atoms with Crippen molar-refractivity contribution in [2.45, 2.75) is 6.92 Å². The van der Waals surface area contributed by atoms with Gasteiger partial charge in [0.25, 0.3) is 0 Å². The summed E-state index contributed by atoms with van der Waals surface area (Å²) < 4.78 is 19.2. The first-order valence-electron chi connectivity index (χ1n) is 5.81. The lowest BCUT2D eigenvalue weighted by Gasteiger charge is -2.04. The number of nitrogen functional groups attached to an aromatic ring is 1. The molecule has 0 fully saturated rings. The molecule has 0 aliphatic heterocycles. The number of hydrogen-bond acceptors (Lipinski definition) is 3. The number of furan rings is 1. The third-order valence-electron chi connectivity index (χ3n) is 2.96. The summed E-state index contributed by atoms with van der Waals surface area (Å²) >= 11 is 0. The number of aryl methyl sites for hydroxylation is 1. The fourth-order valence-electron chi connectivity index (χ4n) is 2.08. The van der Waals surface area contributed by atoms with Crippen LogP contribution < -0.4 is 5.73 Å². The fourth-order valence-corrected chi connectivity index (χ4v) is 2.08. The quantitative estimate of drug-likeness (QED) is 0.739. The average Bonchev–Trinajstić information content (AvgIpc) is 2.96. The molecule has 96 valence electrons. The summed E-state index contributed by atoms with van der Waals surface area (Å²) in [5.74, 6) is 0.693. The number of nitrogens with one attached hydrogen (secondary N) is 1. The first kappa shape index (κ1) is 11.5. The van der Waals surface area contributed by atoms with Crippen molar-refractivity contribution in [2.75, 3.05) is 5.73 Å². The lowest BCUT2D eigenvalue weighted by atomic mass is 10.0. The number of H-pyrrole nitrogens is 1. The van der Waals surface area contributed by atoms with E-state index in [-0.39, 0.29) is 11.6 Å². The Bertz CT molecular complexity index is 730. The molecular formula is C14H12FN3O. The Labute approximate surface area is 109 Å². The van der Waals surface area contributed by atoms with Crippen LogP contribution in [0, 0.1) is 12.7 Å². The van der Waals surface area contributed by atoms with E-state index in [4.69, 9.17) is 10.2 Å². The summed E-state index contributed by atoms with van der Waals surface area (Å²) in [6, 6.07) is 8.31. The van der Waals surface area contributed by atoms with Gasteiger partial charge in [0.05, 0.1) is 11.3 Å². The summed E-state index contributed by atoms with van der Waals surface area (Å²) in [5.41, 5.74) is 8.26. The summed E-state index contributed by atoms with van der Waals surface area (Å²) in [5, 5.41) is 6.79. The zero-order chi connectivity index (χ0) is 13.4. The van der Waals surface area contributed by atoms with Gasteiger partial charge in [0, 0.05) is 11.1 Å². The molecule has 0 atom stereocenters. The van der Waals surface area contributed by atoms with Gasteiger partial charge in [-0.25, -0.2) is 4.39 Å². The number of anilines is 1. The molecule has 3 N–H and O–H groups in total. The summed E-state index contributed by atoms with van der Waals surface area (Å²) in [4.78, 5) is 0. The second-order valence-corrected chi connectivity index (χ2v) is 4.28. The maximum atomic E-state index is 13.9. The standard InChI is InChI=1S/C14H12FN3O/c1-8-6-9(7-19-8)13-12(14(16)18-17-13)10-4-2-3-5-11(10)15/h2-7H,1H3,(H3,16,17,18). The normalized spacial score (nSPS) is 10.8. The third-order valence-corrected chi connectivity index (χ3v) is 2.96. The van der Waals surface area contributed by atoms with Gasteiger partial charge in [-0.2, -0.15) is 5.10 Å². The monoisotopic (exact) mass is 257 g/mol. The van der Waals surface area contributed by atoms with Crippen molar-refractivity contribution in [3.05, 3.63) is 48.2 Å². The second kappa shape index (κ2) is 4.28. The lowest BCUT2D eigenvalue weighted by Crippen LogP contribution is -1.91. The Kier molecular flexibility index (Phi) is 2.59. The zero-order valence-corrected chi connectivity index (χ0v) is 10.3. The highest BCUT2D eigenvalue weighted by molar-refractivity contribution is 5.87. The first-order valence-corrected chi connectivity index (χ1v) is 5.81. The predicted octanol–water partition coefficient (Wildman–Crippen LogP) is 3.37. The van der Waals surface area contributed by atoms with E-state index in [1.54, 1.807) is 24.5 Å². The van der Waals surface area contributed by atoms with Gasteiger partial charge in [-0.1, -0.05) is 18.2 Å². The highest BCUT2D eigenvalue weighted by Crippen LogP contribution is 2.36. The molecule has 0 spiro atoms. The zero-order valence-electron chi connectivity index (χ0n) is 10.3. The van der Waals surface area contributed by atoms with E-state index < -0.39 is 0 Å². The van der Waals surface area contributed by atoms with E-state index >= 15 is 0 Å². The van der Waals surface area contributed by atoms with E-state index in [1.165, 1.54) is 6.07 Å². The summed E-state index contributed by atoms with van der Waals surface area (Å²) in [6.07, 6.45) is 1.59. The van der Waals surface area contributed by atoms with Crippen LogP contribution in [-0.2, 0) is 0 Å². The van der Waals surface area contributed by atoms with Crippen LogP contribution in [0.2, 0.25) is 0 Å². The maximum Gasteiger partial charge on any atom is 0.153 e. The smallest absolute Gasteiger partial charge is 0.153 e. The van der Waals surface area contributed by atoms with Gasteiger partial charge in [-0.15, -0.1) is 0 Å². The van der Waals surface area contributed by atoms with E-state index in [0.29, 0.717) is 16.8 Å². The molecule has 5 heteroatoms. The van der Waals surface area contributed by atoms with Crippen molar-refractivity contribution in [2.24, 2.45) is 0 Å². The van der Waals surface area contributed by atoms with Gasteiger partial charge in [0.1, 0.15) is 17.8 Å². The number of rotatable bonds is 2. The minimum Gasteiger partial charge on any atom is -0.469 e. The van der Waals surface area contributed by atoms with Gasteiger partial charge in [0.2, 0.25) is 0 Å². The second-order valence-electron chi connectivity index (χ2n) is 4.28. The third kappa shape index (κ3) is 1.89. The molecule has 19 heavy (non-hydrogen) atoms. The van der Waals surface area contributed by atoms with Crippen LogP contribution in [0.3, 0.4) is 0 Å². The number of nitrogens with zero attached hydrogens (tertiary/aromatic N) is 1. The molecule has 2 heterocycles. The van der Waals surface area contributed by atoms with E-state index in [9.17, 15) is 4.39 Å². The molecule has 4 nitrogen and oxygen atoms in total. The van der Waals surface area contributed by atoms with Crippen LogP contribution in [-0.4, -0.2) is 10.2 Å². The molecule has 0 aliphatic rings. The van der Waals surface area contributed by atoms with Crippen molar-refractivity contribution in [1.82, 2.24) is 10.2 Å². The number of hydrogen-bond donors (Lipinski definition) is 2. The molecule has 0 unspecified atom stereocenters. The molecule has 0 aliphatic carbocycles. The molecule has 0 radical (unpaired) electrons. The topological polar surface area (TPSA) is 67.8 Å². The van der Waals surface area contributed by atoms with Gasteiger partial charge in [0.15, 0.2) is 5.82 Å². The molecule has 0 saturated carbocycles. The number of aromatic amines is 1. The Morgan fingerprint density at radius 3 is 2.79 bits per heavy atom. The molecule has 2 aromatic heterocycles. The summed E-state index contributed by atoms with van der Waals surface area (Å²) in [6.45, 7) is 1.84. The SMILES string of the molecule is Cc1cc(-c2[nH]nc(N)c2-c2ccccc2F)co1. The van der Waals surface area contributed by atoms with E-state index in [0.717, 1.165) is 11.3 Å². The molecule has 0 amide bonds. The van der Waals surface area contributed by atoms with Crippen LogP contribution in [0.5, 0.6) is 0 Å². The van der Waals surface area contributed by atoms with Crippen LogP contribution >= 0.6 is 0 Å². The van der Waals surface area contributed by atoms with Gasteiger partial charge >= 0.3 is 0 Å². The number of benzene rings is 1. The van der Waals surface area contributed by atoms with Crippen molar-refractivity contribution >= 4 is 5.82 Å². The maximum absolute atomic E-state index is 13.9. The molecule has 3 aromatic rings. The van der Waals surface area contributed by atoms with Crippen molar-refractivity contribution < 1.29 is 8.81 Å². The van der Waals surface area contributed by atoms with E-state index in [1.807, 2.05) is 13.0 Å². The minimum atomic E-state index is -0.336. The predicted molar refractivity (Wildman–Crippen MR) is 70.8 cm³/mol. The number of halogens is 1.